The number of carbonyl (C=O) groups is 1. The third kappa shape index (κ3) is 3.08. The summed E-state index contributed by atoms with van der Waals surface area (Å²) in [5.74, 6) is 0.506. The van der Waals surface area contributed by atoms with Crippen molar-refractivity contribution in [1.82, 2.24) is 20.4 Å². The molecule has 126 valence electrons. The van der Waals surface area contributed by atoms with Crippen molar-refractivity contribution in [3.63, 3.8) is 0 Å². The lowest BCUT2D eigenvalue weighted by molar-refractivity contribution is -0.123. The Hall–Kier alpha value is -2.14. The van der Waals surface area contributed by atoms with E-state index in [0.29, 0.717) is 12.0 Å². The molecule has 24 heavy (non-hydrogen) atoms. The van der Waals surface area contributed by atoms with Crippen molar-refractivity contribution >= 4 is 5.91 Å². The number of benzene rings is 1. The van der Waals surface area contributed by atoms with Crippen LogP contribution in [-0.4, -0.2) is 35.3 Å². The fraction of sp³-hybridized carbons (Fsp3) is 0.474. The molecule has 1 unspecified atom stereocenters. The quantitative estimate of drug-likeness (QED) is 0.883. The van der Waals surface area contributed by atoms with Gasteiger partial charge in [-0.15, -0.1) is 0 Å². The molecule has 1 aromatic heterocycles. The van der Waals surface area contributed by atoms with Crippen molar-refractivity contribution in [1.29, 1.82) is 0 Å². The lowest BCUT2D eigenvalue weighted by Crippen LogP contribution is -2.34. The average Bonchev–Trinajstić information content (AvgIpc) is 3.06. The largest absolute Gasteiger partial charge is 0.356 e. The summed E-state index contributed by atoms with van der Waals surface area (Å²) in [6.07, 6.45) is 7.96. The van der Waals surface area contributed by atoms with E-state index >= 15 is 0 Å². The summed E-state index contributed by atoms with van der Waals surface area (Å²) in [4.78, 5) is 12.3. The Morgan fingerprint density at radius 2 is 2.08 bits per heavy atom. The van der Waals surface area contributed by atoms with Gasteiger partial charge in [0.2, 0.25) is 5.91 Å². The highest BCUT2D eigenvalue weighted by Gasteiger charge is 2.57. The summed E-state index contributed by atoms with van der Waals surface area (Å²) < 4.78 is 1.84. The third-order valence-electron chi connectivity index (χ3n) is 5.52. The van der Waals surface area contributed by atoms with Gasteiger partial charge in [0.05, 0.1) is 5.69 Å². The fourth-order valence-electron chi connectivity index (χ4n) is 3.89. The molecule has 1 amide bonds. The molecule has 0 radical (unpaired) electrons. The Bertz CT molecular complexity index is 687. The maximum absolute atomic E-state index is 12.3. The molecular formula is C19H24N4O. The van der Waals surface area contributed by atoms with Gasteiger partial charge in [-0.3, -0.25) is 4.79 Å². The van der Waals surface area contributed by atoms with Crippen LogP contribution in [0.5, 0.6) is 0 Å². The summed E-state index contributed by atoms with van der Waals surface area (Å²) in [5.41, 5.74) is 2.61. The number of nitrogens with zero attached hydrogens (tertiary/aromatic N) is 2. The molecule has 1 saturated heterocycles. The maximum Gasteiger partial charge on any atom is 0.223 e. The van der Waals surface area contributed by atoms with Gasteiger partial charge in [0, 0.05) is 24.9 Å². The summed E-state index contributed by atoms with van der Waals surface area (Å²) >= 11 is 0. The predicted molar refractivity (Wildman–Crippen MR) is 92.9 cm³/mol. The smallest absolute Gasteiger partial charge is 0.223 e. The first-order valence-corrected chi connectivity index (χ1v) is 8.84. The van der Waals surface area contributed by atoms with Crippen LogP contribution >= 0.6 is 0 Å². The lowest BCUT2D eigenvalue weighted by Gasteiger charge is -2.23. The summed E-state index contributed by atoms with van der Waals surface area (Å²) in [7, 11) is 0. The molecule has 5 heteroatoms. The number of rotatable bonds is 5. The normalized spacial score (nSPS) is 21.6. The highest BCUT2D eigenvalue weighted by atomic mass is 16.2. The monoisotopic (exact) mass is 324 g/mol. The Labute approximate surface area is 142 Å². The van der Waals surface area contributed by atoms with Crippen LogP contribution in [-0.2, 0) is 11.2 Å². The topological polar surface area (TPSA) is 59.0 Å². The molecule has 1 aliphatic heterocycles. The molecule has 1 atom stereocenters. The number of piperidine rings is 1. The standard InChI is InChI=1S/C19H24N4O/c24-18(17-14-19(17)7-11-20-12-8-19)21-10-6-15-2-4-16(5-3-15)23-13-1-9-22-23/h1-5,9,13,17,20H,6-8,10-12,14H2,(H,21,24). The number of aromatic nitrogens is 2. The molecule has 1 aromatic carbocycles. The van der Waals surface area contributed by atoms with Gasteiger partial charge in [-0.25, -0.2) is 4.68 Å². The molecule has 5 nitrogen and oxygen atoms in total. The molecule has 2 N–H and O–H groups in total. The Kier molecular flexibility index (Phi) is 4.10. The van der Waals surface area contributed by atoms with Crippen LogP contribution in [0, 0.1) is 11.3 Å². The van der Waals surface area contributed by atoms with Crippen LogP contribution in [0.4, 0.5) is 0 Å². The number of hydrogen-bond donors (Lipinski definition) is 2. The third-order valence-corrected chi connectivity index (χ3v) is 5.52. The molecular weight excluding hydrogens is 300 g/mol. The van der Waals surface area contributed by atoms with E-state index in [1.54, 1.807) is 6.20 Å². The molecule has 0 bridgehead atoms. The molecule has 1 saturated carbocycles. The minimum Gasteiger partial charge on any atom is -0.356 e. The molecule has 1 aliphatic carbocycles. The van der Waals surface area contributed by atoms with E-state index in [0.717, 1.165) is 44.5 Å². The summed E-state index contributed by atoms with van der Waals surface area (Å²) in [6, 6.07) is 10.3. The molecule has 2 aromatic rings. The first-order valence-electron chi connectivity index (χ1n) is 8.84. The minimum atomic E-state index is 0.252. The van der Waals surface area contributed by atoms with E-state index < -0.39 is 0 Å². The Morgan fingerprint density at radius 3 is 2.79 bits per heavy atom. The Balaban J connectivity index is 1.25. The van der Waals surface area contributed by atoms with E-state index in [4.69, 9.17) is 0 Å². The first kappa shape index (κ1) is 15.4. The predicted octanol–water partition coefficient (Wildman–Crippen LogP) is 1.92. The fourth-order valence-corrected chi connectivity index (χ4v) is 3.89. The van der Waals surface area contributed by atoms with Gasteiger partial charge in [-0.2, -0.15) is 5.10 Å². The number of amides is 1. The molecule has 2 aliphatic rings. The van der Waals surface area contributed by atoms with Gasteiger partial charge in [0.1, 0.15) is 0 Å². The van der Waals surface area contributed by atoms with Crippen molar-refractivity contribution in [3.05, 3.63) is 48.3 Å². The van der Waals surface area contributed by atoms with Crippen molar-refractivity contribution in [3.8, 4) is 5.69 Å². The van der Waals surface area contributed by atoms with Crippen LogP contribution < -0.4 is 10.6 Å². The van der Waals surface area contributed by atoms with E-state index in [1.807, 2.05) is 16.9 Å². The highest BCUT2D eigenvalue weighted by Crippen LogP contribution is 2.58. The van der Waals surface area contributed by atoms with Crippen molar-refractivity contribution in [2.24, 2.45) is 11.3 Å². The zero-order valence-corrected chi connectivity index (χ0v) is 13.9. The van der Waals surface area contributed by atoms with Gasteiger partial charge in [0.25, 0.3) is 0 Å². The van der Waals surface area contributed by atoms with Crippen LogP contribution in [0.1, 0.15) is 24.8 Å². The van der Waals surface area contributed by atoms with E-state index in [1.165, 1.54) is 5.56 Å². The maximum atomic E-state index is 12.3. The van der Waals surface area contributed by atoms with Crippen LogP contribution in [0.2, 0.25) is 0 Å². The summed E-state index contributed by atoms with van der Waals surface area (Å²) in [6.45, 7) is 2.84. The van der Waals surface area contributed by atoms with E-state index in [2.05, 4.69) is 40.0 Å². The zero-order valence-electron chi connectivity index (χ0n) is 13.9. The second-order valence-corrected chi connectivity index (χ2v) is 7.03. The highest BCUT2D eigenvalue weighted by molar-refractivity contribution is 5.82. The SMILES string of the molecule is O=C(NCCc1ccc(-n2cccn2)cc1)C1CC12CCNCC2. The molecule has 2 fully saturated rings. The number of nitrogens with one attached hydrogen (secondary N) is 2. The van der Waals surface area contributed by atoms with Crippen molar-refractivity contribution in [2.75, 3.05) is 19.6 Å². The van der Waals surface area contributed by atoms with E-state index in [-0.39, 0.29) is 11.8 Å². The average molecular weight is 324 g/mol. The molecule has 4 rings (SSSR count). The van der Waals surface area contributed by atoms with Crippen LogP contribution in [0.25, 0.3) is 5.69 Å². The van der Waals surface area contributed by atoms with E-state index in [9.17, 15) is 4.79 Å². The minimum absolute atomic E-state index is 0.252. The Morgan fingerprint density at radius 1 is 1.29 bits per heavy atom. The second-order valence-electron chi connectivity index (χ2n) is 7.03. The number of carbonyl (C=O) groups excluding carboxylic acids is 1. The van der Waals surface area contributed by atoms with Gasteiger partial charge >= 0.3 is 0 Å². The first-order chi connectivity index (χ1) is 11.8. The zero-order chi connectivity index (χ0) is 16.4. The number of hydrogen-bond acceptors (Lipinski definition) is 3. The van der Waals surface area contributed by atoms with Crippen LogP contribution in [0.3, 0.4) is 0 Å². The van der Waals surface area contributed by atoms with Gasteiger partial charge < -0.3 is 10.6 Å². The van der Waals surface area contributed by atoms with Crippen molar-refractivity contribution in [2.45, 2.75) is 25.7 Å². The second kappa shape index (κ2) is 6.40. The van der Waals surface area contributed by atoms with Gasteiger partial charge in [0.15, 0.2) is 0 Å². The van der Waals surface area contributed by atoms with Gasteiger partial charge in [-0.05, 0) is 68.0 Å². The van der Waals surface area contributed by atoms with Gasteiger partial charge in [-0.1, -0.05) is 12.1 Å². The van der Waals surface area contributed by atoms with Crippen LogP contribution in [0.15, 0.2) is 42.7 Å². The molecule has 2 heterocycles. The van der Waals surface area contributed by atoms with Crippen molar-refractivity contribution < 1.29 is 4.79 Å². The molecule has 1 spiro atoms. The lowest BCUT2D eigenvalue weighted by atomic mass is 9.92. The summed E-state index contributed by atoms with van der Waals surface area (Å²) in [5, 5.41) is 10.7.